The molecule has 0 spiro atoms. The van der Waals surface area contributed by atoms with Gasteiger partial charge in [-0.2, -0.15) is 0 Å². The average molecular weight is 295 g/mol. The zero-order valence-corrected chi connectivity index (χ0v) is 12.9. The van der Waals surface area contributed by atoms with Gasteiger partial charge in [-0.25, -0.2) is 0 Å². The second kappa shape index (κ2) is 5.72. The summed E-state index contributed by atoms with van der Waals surface area (Å²) in [6, 6.07) is 11.9. The van der Waals surface area contributed by atoms with Crippen LogP contribution in [-0.4, -0.2) is 11.9 Å². The van der Waals surface area contributed by atoms with Gasteiger partial charge in [0.15, 0.2) is 0 Å². The SMILES string of the molecule is Cc1ccc(C)c(Nc2ccc(N)cc2C(=O)NC2CC2)c1. The van der Waals surface area contributed by atoms with Crippen molar-refractivity contribution in [3.05, 3.63) is 53.1 Å². The Morgan fingerprint density at radius 2 is 1.86 bits per heavy atom. The van der Waals surface area contributed by atoms with Gasteiger partial charge in [0.2, 0.25) is 0 Å². The van der Waals surface area contributed by atoms with Gasteiger partial charge in [0.1, 0.15) is 0 Å². The fourth-order valence-corrected chi connectivity index (χ4v) is 2.37. The van der Waals surface area contributed by atoms with Crippen molar-refractivity contribution >= 4 is 23.0 Å². The summed E-state index contributed by atoms with van der Waals surface area (Å²) < 4.78 is 0. The van der Waals surface area contributed by atoms with Gasteiger partial charge in [0.05, 0.1) is 11.3 Å². The molecule has 0 aromatic heterocycles. The maximum absolute atomic E-state index is 12.4. The van der Waals surface area contributed by atoms with Crippen molar-refractivity contribution in [3.63, 3.8) is 0 Å². The number of rotatable bonds is 4. The third-order valence-corrected chi connectivity index (χ3v) is 3.86. The van der Waals surface area contributed by atoms with E-state index in [1.54, 1.807) is 12.1 Å². The van der Waals surface area contributed by atoms with E-state index in [0.29, 0.717) is 17.3 Å². The number of hydrogen-bond donors (Lipinski definition) is 3. The molecule has 2 aromatic rings. The van der Waals surface area contributed by atoms with Crippen LogP contribution in [0, 0.1) is 13.8 Å². The number of carbonyl (C=O) groups excluding carboxylic acids is 1. The minimum atomic E-state index is -0.0670. The Morgan fingerprint density at radius 1 is 1.09 bits per heavy atom. The standard InChI is InChI=1S/C18H21N3O/c1-11-3-4-12(2)17(9-11)21-16-8-5-13(19)10-15(16)18(22)20-14-6-7-14/h3-5,8-10,14,21H,6-7,19H2,1-2H3,(H,20,22). The van der Waals surface area contributed by atoms with Crippen LogP contribution < -0.4 is 16.4 Å². The summed E-state index contributed by atoms with van der Waals surface area (Å²) in [5.74, 6) is -0.0670. The maximum atomic E-state index is 12.4. The molecule has 4 nitrogen and oxygen atoms in total. The number of anilines is 3. The number of nitrogen functional groups attached to an aromatic ring is 1. The van der Waals surface area contributed by atoms with Crippen LogP contribution in [0.3, 0.4) is 0 Å². The lowest BCUT2D eigenvalue weighted by Crippen LogP contribution is -2.26. The van der Waals surface area contributed by atoms with E-state index in [4.69, 9.17) is 5.73 Å². The molecule has 3 rings (SSSR count). The molecule has 114 valence electrons. The molecule has 1 aliphatic rings. The van der Waals surface area contributed by atoms with Gasteiger partial charge in [-0.1, -0.05) is 12.1 Å². The van der Waals surface area contributed by atoms with Crippen LogP contribution in [0.5, 0.6) is 0 Å². The van der Waals surface area contributed by atoms with Gasteiger partial charge >= 0.3 is 0 Å². The summed E-state index contributed by atoms with van der Waals surface area (Å²) in [5.41, 5.74) is 11.1. The zero-order valence-electron chi connectivity index (χ0n) is 12.9. The Hall–Kier alpha value is -2.49. The molecule has 0 aliphatic heterocycles. The summed E-state index contributed by atoms with van der Waals surface area (Å²) >= 11 is 0. The molecule has 1 amide bonds. The average Bonchev–Trinajstić information content (AvgIpc) is 3.28. The number of carbonyl (C=O) groups is 1. The van der Waals surface area contributed by atoms with Crippen LogP contribution in [0.4, 0.5) is 17.1 Å². The molecule has 1 fully saturated rings. The molecule has 0 radical (unpaired) electrons. The van der Waals surface area contributed by atoms with Crippen LogP contribution in [-0.2, 0) is 0 Å². The molecule has 4 N–H and O–H groups in total. The largest absolute Gasteiger partial charge is 0.399 e. The molecule has 1 aliphatic carbocycles. The van der Waals surface area contributed by atoms with Gasteiger partial charge < -0.3 is 16.4 Å². The van der Waals surface area contributed by atoms with E-state index >= 15 is 0 Å². The van der Waals surface area contributed by atoms with E-state index in [1.807, 2.05) is 19.9 Å². The van der Waals surface area contributed by atoms with Crippen molar-refractivity contribution in [2.24, 2.45) is 0 Å². The first-order valence-electron chi connectivity index (χ1n) is 7.57. The van der Waals surface area contributed by atoms with Crippen LogP contribution in [0.25, 0.3) is 0 Å². The lowest BCUT2D eigenvalue weighted by molar-refractivity contribution is 0.0952. The molecule has 0 heterocycles. The summed E-state index contributed by atoms with van der Waals surface area (Å²) in [4.78, 5) is 12.4. The van der Waals surface area contributed by atoms with Crippen molar-refractivity contribution in [2.75, 3.05) is 11.1 Å². The lowest BCUT2D eigenvalue weighted by atomic mass is 10.1. The highest BCUT2D eigenvalue weighted by atomic mass is 16.1. The van der Waals surface area contributed by atoms with Gasteiger partial charge in [-0.3, -0.25) is 4.79 Å². The zero-order chi connectivity index (χ0) is 15.7. The first-order chi connectivity index (χ1) is 10.5. The van der Waals surface area contributed by atoms with Crippen molar-refractivity contribution in [2.45, 2.75) is 32.7 Å². The summed E-state index contributed by atoms with van der Waals surface area (Å²) in [6.45, 7) is 4.09. The highest BCUT2D eigenvalue weighted by Crippen LogP contribution is 2.27. The smallest absolute Gasteiger partial charge is 0.253 e. The van der Waals surface area contributed by atoms with Crippen molar-refractivity contribution in [1.82, 2.24) is 5.32 Å². The minimum absolute atomic E-state index is 0.0670. The molecule has 22 heavy (non-hydrogen) atoms. The quantitative estimate of drug-likeness (QED) is 0.756. The normalized spacial score (nSPS) is 13.7. The number of hydrogen-bond acceptors (Lipinski definition) is 3. The second-order valence-electron chi connectivity index (χ2n) is 6.00. The molecular weight excluding hydrogens is 274 g/mol. The third kappa shape index (κ3) is 3.22. The van der Waals surface area contributed by atoms with Gasteiger partial charge in [-0.15, -0.1) is 0 Å². The van der Waals surface area contributed by atoms with Gasteiger partial charge in [-0.05, 0) is 62.1 Å². The van der Waals surface area contributed by atoms with E-state index in [0.717, 1.165) is 29.8 Å². The van der Waals surface area contributed by atoms with Crippen molar-refractivity contribution in [3.8, 4) is 0 Å². The van der Waals surface area contributed by atoms with Gasteiger partial charge in [0, 0.05) is 17.4 Å². The number of aryl methyl sites for hydroxylation is 2. The summed E-state index contributed by atoms with van der Waals surface area (Å²) in [7, 11) is 0. The Kier molecular flexibility index (Phi) is 3.75. The molecular formula is C18H21N3O. The summed E-state index contributed by atoms with van der Waals surface area (Å²) in [5, 5.41) is 6.38. The highest BCUT2D eigenvalue weighted by Gasteiger charge is 2.25. The number of nitrogens with two attached hydrogens (primary N) is 1. The number of amides is 1. The molecule has 4 heteroatoms. The minimum Gasteiger partial charge on any atom is -0.399 e. The fourth-order valence-electron chi connectivity index (χ4n) is 2.37. The maximum Gasteiger partial charge on any atom is 0.253 e. The van der Waals surface area contributed by atoms with E-state index in [-0.39, 0.29) is 5.91 Å². The topological polar surface area (TPSA) is 67.1 Å². The van der Waals surface area contributed by atoms with E-state index < -0.39 is 0 Å². The third-order valence-electron chi connectivity index (χ3n) is 3.86. The molecule has 2 aromatic carbocycles. The van der Waals surface area contributed by atoms with E-state index in [9.17, 15) is 4.79 Å². The predicted octanol–water partition coefficient (Wildman–Crippen LogP) is 3.52. The first-order valence-corrected chi connectivity index (χ1v) is 7.57. The van der Waals surface area contributed by atoms with Crippen LogP contribution in [0.2, 0.25) is 0 Å². The number of nitrogens with one attached hydrogen (secondary N) is 2. The molecule has 1 saturated carbocycles. The predicted molar refractivity (Wildman–Crippen MR) is 90.5 cm³/mol. The lowest BCUT2D eigenvalue weighted by Gasteiger charge is -2.15. The second-order valence-corrected chi connectivity index (χ2v) is 6.00. The van der Waals surface area contributed by atoms with Crippen molar-refractivity contribution in [1.29, 1.82) is 0 Å². The molecule has 0 unspecified atom stereocenters. The Balaban J connectivity index is 1.92. The van der Waals surface area contributed by atoms with E-state index in [1.165, 1.54) is 5.56 Å². The molecule has 0 saturated heterocycles. The Morgan fingerprint density at radius 3 is 2.59 bits per heavy atom. The van der Waals surface area contributed by atoms with Crippen LogP contribution in [0.1, 0.15) is 34.3 Å². The van der Waals surface area contributed by atoms with E-state index in [2.05, 4.69) is 28.8 Å². The molecule has 0 atom stereocenters. The summed E-state index contributed by atoms with van der Waals surface area (Å²) in [6.07, 6.45) is 2.13. The fraction of sp³-hybridized carbons (Fsp3) is 0.278. The first kappa shape index (κ1) is 14.4. The Labute approximate surface area is 130 Å². The van der Waals surface area contributed by atoms with Gasteiger partial charge in [0.25, 0.3) is 5.91 Å². The number of benzene rings is 2. The van der Waals surface area contributed by atoms with Crippen LogP contribution >= 0.6 is 0 Å². The van der Waals surface area contributed by atoms with Crippen molar-refractivity contribution < 1.29 is 4.79 Å². The highest BCUT2D eigenvalue weighted by molar-refractivity contribution is 6.01. The Bertz CT molecular complexity index is 720. The van der Waals surface area contributed by atoms with Crippen LogP contribution in [0.15, 0.2) is 36.4 Å². The molecule has 0 bridgehead atoms. The monoisotopic (exact) mass is 295 g/mol.